The van der Waals surface area contributed by atoms with Gasteiger partial charge in [0, 0.05) is 36.2 Å². The van der Waals surface area contributed by atoms with Crippen LogP contribution in [0.25, 0.3) is 11.0 Å². The number of ether oxygens (including phenoxy) is 2. The summed E-state index contributed by atoms with van der Waals surface area (Å²) >= 11 is 1.48. The molecule has 1 saturated heterocycles. The smallest absolute Gasteiger partial charge is 0.251 e. The van der Waals surface area contributed by atoms with E-state index in [0.717, 1.165) is 47.7 Å². The number of rotatable bonds is 8. The van der Waals surface area contributed by atoms with Gasteiger partial charge in [0.05, 0.1) is 48.4 Å². The molecule has 0 bridgehead atoms. The molecule has 2 aliphatic rings. The molecule has 2 aromatic carbocycles. The van der Waals surface area contributed by atoms with Gasteiger partial charge in [-0.3, -0.25) is 14.5 Å². The summed E-state index contributed by atoms with van der Waals surface area (Å²) in [7, 11) is 1.62. The molecule has 176 valence electrons. The van der Waals surface area contributed by atoms with Gasteiger partial charge >= 0.3 is 0 Å². The van der Waals surface area contributed by atoms with Crippen molar-refractivity contribution in [2.24, 2.45) is 0 Å². The maximum atomic E-state index is 12.6. The Morgan fingerprint density at radius 3 is 2.97 bits per heavy atom. The maximum Gasteiger partial charge on any atom is 0.251 e. The summed E-state index contributed by atoms with van der Waals surface area (Å²) in [6.45, 7) is 3.03. The molecular formula is C24H25N5O4S. The van der Waals surface area contributed by atoms with E-state index in [1.807, 2.05) is 24.3 Å². The number of hydrogen-bond donors (Lipinski definition) is 2. The molecule has 10 heteroatoms. The van der Waals surface area contributed by atoms with E-state index in [-0.39, 0.29) is 17.9 Å². The third kappa shape index (κ3) is 5.07. The number of aromatic nitrogens is 2. The number of carbonyl (C=O) groups is 2. The number of likely N-dealkylation sites (tertiary alicyclic amines) is 1. The van der Waals surface area contributed by atoms with Crippen molar-refractivity contribution >= 4 is 40.3 Å². The van der Waals surface area contributed by atoms with Crippen molar-refractivity contribution in [3.8, 4) is 11.6 Å². The molecule has 2 amide bonds. The maximum absolute atomic E-state index is 12.6. The highest BCUT2D eigenvalue weighted by Crippen LogP contribution is 2.32. The Balaban J connectivity index is 1.03. The second-order valence-corrected chi connectivity index (χ2v) is 9.26. The fraction of sp³-hybridized carbons (Fsp3) is 0.333. The Bertz CT molecular complexity index is 1230. The second kappa shape index (κ2) is 9.86. The van der Waals surface area contributed by atoms with Crippen LogP contribution in [0.2, 0.25) is 0 Å². The highest BCUT2D eigenvalue weighted by molar-refractivity contribution is 8.00. The van der Waals surface area contributed by atoms with Gasteiger partial charge in [0.2, 0.25) is 11.8 Å². The van der Waals surface area contributed by atoms with E-state index in [1.54, 1.807) is 25.4 Å². The topological polar surface area (TPSA) is 106 Å². The van der Waals surface area contributed by atoms with Gasteiger partial charge in [-0.05, 0) is 36.8 Å². The van der Waals surface area contributed by atoms with Crippen LogP contribution in [0.15, 0.2) is 47.5 Å². The van der Waals surface area contributed by atoms with Gasteiger partial charge in [-0.1, -0.05) is 0 Å². The number of nitrogens with one attached hydrogen (secondary N) is 2. The third-order valence-electron chi connectivity index (χ3n) is 5.76. The van der Waals surface area contributed by atoms with E-state index in [1.165, 1.54) is 11.8 Å². The van der Waals surface area contributed by atoms with Crippen molar-refractivity contribution in [2.45, 2.75) is 17.4 Å². The van der Waals surface area contributed by atoms with E-state index in [2.05, 4.69) is 25.5 Å². The third-order valence-corrected chi connectivity index (χ3v) is 6.84. The molecule has 1 aromatic heterocycles. The van der Waals surface area contributed by atoms with Crippen molar-refractivity contribution < 1.29 is 19.1 Å². The first-order valence-electron chi connectivity index (χ1n) is 11.1. The predicted octanol–water partition coefficient (Wildman–Crippen LogP) is 2.57. The molecule has 9 nitrogen and oxygen atoms in total. The molecule has 0 atom stereocenters. The highest BCUT2D eigenvalue weighted by Gasteiger charge is 2.28. The van der Waals surface area contributed by atoms with Crippen LogP contribution in [-0.4, -0.2) is 71.8 Å². The summed E-state index contributed by atoms with van der Waals surface area (Å²) < 4.78 is 11.0. The molecule has 0 spiro atoms. The standard InChI is InChI=1S/C24H25N5O4S/c1-32-17-4-5-18-19(10-17)28-23(11-25-18)33-8-2-7-29-12-16(13-29)26-24(31)15-3-6-21-20(9-15)27-22(30)14-34-21/h3-6,9-11,16H,2,7-8,12-14H2,1H3,(H,26,31)(H,27,30). The minimum absolute atomic E-state index is 0.0402. The van der Waals surface area contributed by atoms with Crippen molar-refractivity contribution in [3.05, 3.63) is 48.2 Å². The van der Waals surface area contributed by atoms with E-state index in [4.69, 9.17) is 9.47 Å². The number of thioether (sulfide) groups is 1. The molecule has 34 heavy (non-hydrogen) atoms. The van der Waals surface area contributed by atoms with Gasteiger partial charge in [-0.2, -0.15) is 0 Å². The van der Waals surface area contributed by atoms with Crippen LogP contribution in [-0.2, 0) is 4.79 Å². The molecule has 0 radical (unpaired) electrons. The lowest BCUT2D eigenvalue weighted by Crippen LogP contribution is -2.59. The van der Waals surface area contributed by atoms with Crippen LogP contribution in [0, 0.1) is 0 Å². The molecule has 0 saturated carbocycles. The van der Waals surface area contributed by atoms with Gasteiger partial charge in [0.1, 0.15) is 5.75 Å². The normalized spacial score (nSPS) is 15.9. The Morgan fingerprint density at radius 2 is 2.12 bits per heavy atom. The summed E-state index contributed by atoms with van der Waals surface area (Å²) in [5.41, 5.74) is 2.79. The Labute approximate surface area is 201 Å². The van der Waals surface area contributed by atoms with Crippen molar-refractivity contribution in [1.82, 2.24) is 20.2 Å². The summed E-state index contributed by atoms with van der Waals surface area (Å²) in [6.07, 6.45) is 2.48. The van der Waals surface area contributed by atoms with Gasteiger partial charge in [-0.25, -0.2) is 9.97 Å². The van der Waals surface area contributed by atoms with Crippen molar-refractivity contribution in [1.29, 1.82) is 0 Å². The molecule has 5 rings (SSSR count). The zero-order valence-electron chi connectivity index (χ0n) is 18.7. The zero-order valence-corrected chi connectivity index (χ0v) is 19.6. The summed E-state index contributed by atoms with van der Waals surface area (Å²) in [6, 6.07) is 11.1. The Hall–Kier alpha value is -3.37. The molecule has 0 aliphatic carbocycles. The largest absolute Gasteiger partial charge is 0.497 e. The minimum atomic E-state index is -0.118. The van der Waals surface area contributed by atoms with Crippen molar-refractivity contribution in [2.75, 3.05) is 44.4 Å². The first-order valence-corrected chi connectivity index (χ1v) is 12.1. The number of hydrogen-bond acceptors (Lipinski definition) is 8. The van der Waals surface area contributed by atoms with E-state index >= 15 is 0 Å². The molecule has 2 aliphatic heterocycles. The van der Waals surface area contributed by atoms with Gasteiger partial charge in [0.25, 0.3) is 5.91 Å². The monoisotopic (exact) mass is 479 g/mol. The molecule has 2 N–H and O–H groups in total. The van der Waals surface area contributed by atoms with E-state index < -0.39 is 0 Å². The Morgan fingerprint density at radius 1 is 1.24 bits per heavy atom. The van der Waals surface area contributed by atoms with Crippen LogP contribution < -0.4 is 20.1 Å². The first-order chi connectivity index (χ1) is 16.6. The second-order valence-electron chi connectivity index (χ2n) is 8.24. The number of carbonyl (C=O) groups excluding carboxylic acids is 2. The van der Waals surface area contributed by atoms with Crippen LogP contribution in [0.3, 0.4) is 0 Å². The summed E-state index contributed by atoms with van der Waals surface area (Å²) in [5.74, 6) is 1.48. The predicted molar refractivity (Wildman–Crippen MR) is 130 cm³/mol. The SMILES string of the molecule is COc1ccc2ncc(OCCCN3CC(NC(=O)c4ccc5c(c4)NC(=O)CS5)C3)nc2c1. The molecular weight excluding hydrogens is 454 g/mol. The number of fused-ring (bicyclic) bond motifs is 2. The number of nitrogens with zero attached hydrogens (tertiary/aromatic N) is 3. The molecule has 3 heterocycles. The fourth-order valence-corrected chi connectivity index (χ4v) is 4.76. The molecule has 1 fully saturated rings. The Kier molecular flexibility index (Phi) is 6.50. The molecule has 0 unspecified atom stereocenters. The first kappa shape index (κ1) is 22.4. The fourth-order valence-electron chi connectivity index (χ4n) is 3.97. The van der Waals surface area contributed by atoms with Gasteiger partial charge in [-0.15, -0.1) is 11.8 Å². The lowest BCUT2D eigenvalue weighted by atomic mass is 10.1. The number of methoxy groups -OCH3 is 1. The highest BCUT2D eigenvalue weighted by atomic mass is 32.2. The lowest BCUT2D eigenvalue weighted by Gasteiger charge is -2.39. The number of amides is 2. The van der Waals surface area contributed by atoms with E-state index in [0.29, 0.717) is 29.5 Å². The minimum Gasteiger partial charge on any atom is -0.497 e. The zero-order chi connectivity index (χ0) is 23.5. The lowest BCUT2D eigenvalue weighted by molar-refractivity contribution is -0.113. The van der Waals surface area contributed by atoms with Crippen molar-refractivity contribution in [3.63, 3.8) is 0 Å². The van der Waals surface area contributed by atoms with Crippen LogP contribution in [0.5, 0.6) is 11.6 Å². The van der Waals surface area contributed by atoms with Gasteiger partial charge < -0.3 is 20.1 Å². The summed E-state index contributed by atoms with van der Waals surface area (Å²) in [4.78, 5) is 36.3. The quantitative estimate of drug-likeness (QED) is 0.475. The van der Waals surface area contributed by atoms with Gasteiger partial charge in [0.15, 0.2) is 0 Å². The average Bonchev–Trinajstić information content (AvgIpc) is 2.83. The number of benzene rings is 2. The van der Waals surface area contributed by atoms with Crippen LogP contribution >= 0.6 is 11.8 Å². The number of anilines is 1. The van der Waals surface area contributed by atoms with Crippen LogP contribution in [0.1, 0.15) is 16.8 Å². The molecule has 3 aromatic rings. The van der Waals surface area contributed by atoms with E-state index in [9.17, 15) is 9.59 Å². The average molecular weight is 480 g/mol. The van der Waals surface area contributed by atoms with Crippen LogP contribution in [0.4, 0.5) is 5.69 Å². The summed E-state index contributed by atoms with van der Waals surface area (Å²) in [5, 5.41) is 5.89.